The number of carbonyl (C=O) groups is 2. The Labute approximate surface area is 209 Å². The predicted octanol–water partition coefficient (Wildman–Crippen LogP) is 4.05. The van der Waals surface area contributed by atoms with Crippen molar-refractivity contribution in [2.75, 3.05) is 19.0 Å². The van der Waals surface area contributed by atoms with Crippen molar-refractivity contribution in [3.05, 3.63) is 88.9 Å². The van der Waals surface area contributed by atoms with Crippen molar-refractivity contribution in [3.63, 3.8) is 0 Å². The quantitative estimate of drug-likeness (QED) is 0.393. The third-order valence-corrected chi connectivity index (χ3v) is 6.69. The molecule has 35 heavy (non-hydrogen) atoms. The first-order chi connectivity index (χ1) is 16.7. The van der Waals surface area contributed by atoms with Crippen LogP contribution in [0.2, 0.25) is 5.02 Å². The van der Waals surface area contributed by atoms with Gasteiger partial charge in [-0.2, -0.15) is 4.72 Å². The van der Waals surface area contributed by atoms with Gasteiger partial charge in [0.25, 0.3) is 0 Å². The smallest absolute Gasteiger partial charge is 0.337 e. The van der Waals surface area contributed by atoms with E-state index in [0.29, 0.717) is 11.3 Å². The topological polar surface area (TPSA) is 111 Å². The molecule has 3 aromatic rings. The van der Waals surface area contributed by atoms with Gasteiger partial charge in [0.2, 0.25) is 15.9 Å². The molecule has 0 fully saturated rings. The molecule has 3 rings (SSSR count). The van der Waals surface area contributed by atoms with Gasteiger partial charge in [-0.1, -0.05) is 41.9 Å². The Balaban J connectivity index is 1.89. The summed E-state index contributed by atoms with van der Waals surface area (Å²) >= 11 is 6.04. The van der Waals surface area contributed by atoms with Gasteiger partial charge in [0.15, 0.2) is 0 Å². The van der Waals surface area contributed by atoms with Crippen molar-refractivity contribution < 1.29 is 27.5 Å². The van der Waals surface area contributed by atoms with E-state index in [1.165, 1.54) is 49.6 Å². The lowest BCUT2D eigenvalue weighted by molar-refractivity contribution is -0.117. The number of hydrogen-bond acceptors (Lipinski definition) is 6. The van der Waals surface area contributed by atoms with Gasteiger partial charge in [-0.05, 0) is 61.4 Å². The van der Waals surface area contributed by atoms with Crippen LogP contribution in [0, 0.1) is 0 Å². The number of amides is 1. The molecular formula is C25H25ClN2O6S. The van der Waals surface area contributed by atoms with Crippen LogP contribution in [0.1, 0.15) is 22.8 Å². The first kappa shape index (κ1) is 26.2. The molecule has 0 saturated carbocycles. The molecule has 3 aromatic carbocycles. The average Bonchev–Trinajstić information content (AvgIpc) is 2.85. The molecular weight excluding hydrogens is 492 g/mol. The highest BCUT2D eigenvalue weighted by molar-refractivity contribution is 7.89. The average molecular weight is 517 g/mol. The number of methoxy groups -OCH3 is 1. The van der Waals surface area contributed by atoms with E-state index in [1.54, 1.807) is 31.2 Å². The predicted molar refractivity (Wildman–Crippen MR) is 133 cm³/mol. The summed E-state index contributed by atoms with van der Waals surface area (Å²) in [6, 6.07) is 18.2. The van der Waals surface area contributed by atoms with Crippen LogP contribution in [0.3, 0.4) is 0 Å². The molecule has 184 valence electrons. The van der Waals surface area contributed by atoms with E-state index in [0.717, 1.165) is 5.56 Å². The molecule has 1 amide bonds. The monoisotopic (exact) mass is 516 g/mol. The summed E-state index contributed by atoms with van der Waals surface area (Å²) in [7, 11) is -2.92. The van der Waals surface area contributed by atoms with Gasteiger partial charge in [-0.25, -0.2) is 13.2 Å². The molecule has 0 aromatic heterocycles. The number of sulfonamides is 1. The highest BCUT2D eigenvalue weighted by Gasteiger charge is 2.29. The number of halogens is 1. The Morgan fingerprint density at radius 2 is 1.69 bits per heavy atom. The van der Waals surface area contributed by atoms with Crippen LogP contribution in [0.25, 0.3) is 0 Å². The molecule has 0 aliphatic rings. The third kappa shape index (κ3) is 7.05. The fourth-order valence-corrected chi connectivity index (χ4v) is 4.89. The van der Waals surface area contributed by atoms with Crippen LogP contribution in [-0.4, -0.2) is 40.1 Å². The van der Waals surface area contributed by atoms with Crippen LogP contribution < -0.4 is 14.8 Å². The molecule has 10 heteroatoms. The second-order valence-electron chi connectivity index (χ2n) is 7.45. The molecule has 1 atom stereocenters. The van der Waals surface area contributed by atoms with Crippen LogP contribution in [0.4, 0.5) is 5.69 Å². The summed E-state index contributed by atoms with van der Waals surface area (Å²) in [5.41, 5.74) is 1.46. The Kier molecular flexibility index (Phi) is 8.86. The molecule has 1 unspecified atom stereocenters. The van der Waals surface area contributed by atoms with E-state index in [9.17, 15) is 18.0 Å². The number of esters is 1. The Hall–Kier alpha value is -3.40. The standard InChI is InChI=1S/C25H25ClN2O6S/c1-3-34-22-14-11-19(26)16-23(22)35(31,32)28-21(15-17-7-5-4-6-8-17)24(29)27-20-12-9-18(10-13-20)25(30)33-2/h4-14,16,21,28H,3,15H2,1-2H3,(H,27,29). The van der Waals surface area contributed by atoms with Crippen molar-refractivity contribution in [1.29, 1.82) is 0 Å². The number of rotatable bonds is 10. The normalized spacial score (nSPS) is 12.0. The van der Waals surface area contributed by atoms with Gasteiger partial charge in [0, 0.05) is 10.7 Å². The zero-order chi connectivity index (χ0) is 25.4. The van der Waals surface area contributed by atoms with Gasteiger partial charge in [0.05, 0.1) is 19.3 Å². The molecule has 2 N–H and O–H groups in total. The third-order valence-electron chi connectivity index (χ3n) is 4.97. The van der Waals surface area contributed by atoms with Crippen molar-refractivity contribution in [1.82, 2.24) is 4.72 Å². The van der Waals surface area contributed by atoms with Gasteiger partial charge in [-0.15, -0.1) is 0 Å². The Morgan fingerprint density at radius 3 is 2.31 bits per heavy atom. The lowest BCUT2D eigenvalue weighted by atomic mass is 10.1. The van der Waals surface area contributed by atoms with Gasteiger partial charge >= 0.3 is 5.97 Å². The number of nitrogens with one attached hydrogen (secondary N) is 2. The van der Waals surface area contributed by atoms with Crippen LogP contribution in [-0.2, 0) is 26.0 Å². The first-order valence-electron chi connectivity index (χ1n) is 10.7. The highest BCUT2D eigenvalue weighted by Crippen LogP contribution is 2.28. The van der Waals surface area contributed by atoms with Gasteiger partial charge in [0.1, 0.15) is 16.7 Å². The first-order valence-corrected chi connectivity index (χ1v) is 12.6. The zero-order valence-corrected chi connectivity index (χ0v) is 20.7. The largest absolute Gasteiger partial charge is 0.492 e. The maximum atomic E-state index is 13.3. The second-order valence-corrected chi connectivity index (χ2v) is 9.56. The van der Waals surface area contributed by atoms with Crippen molar-refractivity contribution >= 4 is 39.2 Å². The zero-order valence-electron chi connectivity index (χ0n) is 19.2. The minimum atomic E-state index is -4.20. The number of benzene rings is 3. The number of hydrogen-bond donors (Lipinski definition) is 2. The van der Waals surface area contributed by atoms with Crippen molar-refractivity contribution in [2.24, 2.45) is 0 Å². The Bertz CT molecular complexity index is 1280. The fourth-order valence-electron chi connectivity index (χ4n) is 3.29. The summed E-state index contributed by atoms with van der Waals surface area (Å²) in [6.07, 6.45) is 0.0939. The maximum Gasteiger partial charge on any atom is 0.337 e. The van der Waals surface area contributed by atoms with Crippen LogP contribution in [0.15, 0.2) is 77.7 Å². The minimum Gasteiger partial charge on any atom is -0.492 e. The van der Waals surface area contributed by atoms with Crippen LogP contribution in [0.5, 0.6) is 5.75 Å². The molecule has 0 bridgehead atoms. The summed E-state index contributed by atoms with van der Waals surface area (Å²) in [5, 5.41) is 2.91. The number of ether oxygens (including phenoxy) is 2. The molecule has 0 aliphatic carbocycles. The molecule has 0 spiro atoms. The SMILES string of the molecule is CCOc1ccc(Cl)cc1S(=O)(=O)NC(Cc1ccccc1)C(=O)Nc1ccc(C(=O)OC)cc1. The van der Waals surface area contributed by atoms with E-state index in [1.807, 2.05) is 6.07 Å². The molecule has 0 radical (unpaired) electrons. The summed E-state index contributed by atoms with van der Waals surface area (Å²) in [5.74, 6) is -0.964. The van der Waals surface area contributed by atoms with Gasteiger partial charge < -0.3 is 14.8 Å². The lowest BCUT2D eigenvalue weighted by Crippen LogP contribution is -2.45. The molecule has 0 heterocycles. The van der Waals surface area contributed by atoms with Gasteiger partial charge in [-0.3, -0.25) is 4.79 Å². The molecule has 0 saturated heterocycles. The number of carbonyl (C=O) groups excluding carboxylic acids is 2. The summed E-state index contributed by atoms with van der Waals surface area (Å²) in [4.78, 5) is 24.7. The Morgan fingerprint density at radius 1 is 1.00 bits per heavy atom. The summed E-state index contributed by atoms with van der Waals surface area (Å²) < 4.78 is 39.2. The maximum absolute atomic E-state index is 13.3. The van der Waals surface area contributed by atoms with E-state index < -0.39 is 27.9 Å². The lowest BCUT2D eigenvalue weighted by Gasteiger charge is -2.20. The van der Waals surface area contributed by atoms with Crippen molar-refractivity contribution in [2.45, 2.75) is 24.3 Å². The fraction of sp³-hybridized carbons (Fsp3) is 0.200. The van der Waals surface area contributed by atoms with E-state index in [2.05, 4.69) is 14.8 Å². The second kappa shape index (κ2) is 11.8. The van der Waals surface area contributed by atoms with E-state index >= 15 is 0 Å². The molecule has 0 aliphatic heterocycles. The number of anilines is 1. The summed E-state index contributed by atoms with van der Waals surface area (Å²) in [6.45, 7) is 1.98. The van der Waals surface area contributed by atoms with E-state index in [4.69, 9.17) is 16.3 Å². The van der Waals surface area contributed by atoms with Crippen LogP contribution >= 0.6 is 11.6 Å². The highest BCUT2D eigenvalue weighted by atomic mass is 35.5. The van der Waals surface area contributed by atoms with E-state index in [-0.39, 0.29) is 28.7 Å². The van der Waals surface area contributed by atoms with Crippen molar-refractivity contribution in [3.8, 4) is 5.75 Å². The minimum absolute atomic E-state index is 0.0939. The molecule has 8 nitrogen and oxygen atoms in total.